The minimum absolute atomic E-state index is 0.0296. The standard InChI is InChI=1S/C13H12F4N4/c1-21(7-8-4-2-3-5-9(8)14)11-6-10(13(15,16)17)19-12(18)20-11/h2-6H,7H2,1H3,(H2,18,19,20). The number of halogens is 4. The van der Waals surface area contributed by atoms with Crippen molar-refractivity contribution in [3.05, 3.63) is 47.4 Å². The fourth-order valence-corrected chi connectivity index (χ4v) is 1.76. The monoisotopic (exact) mass is 300 g/mol. The number of nitrogen functional groups attached to an aromatic ring is 1. The van der Waals surface area contributed by atoms with E-state index in [1.165, 1.54) is 24.1 Å². The minimum atomic E-state index is -4.62. The molecule has 0 aliphatic heterocycles. The molecule has 1 aromatic carbocycles. The molecule has 1 aromatic heterocycles. The van der Waals surface area contributed by atoms with Gasteiger partial charge in [-0.2, -0.15) is 18.2 Å². The molecular weight excluding hydrogens is 288 g/mol. The Morgan fingerprint density at radius 2 is 1.86 bits per heavy atom. The molecule has 0 spiro atoms. The van der Waals surface area contributed by atoms with Gasteiger partial charge >= 0.3 is 6.18 Å². The lowest BCUT2D eigenvalue weighted by atomic mass is 10.2. The third kappa shape index (κ3) is 3.59. The Bertz CT molecular complexity index is 642. The zero-order valence-electron chi connectivity index (χ0n) is 11.0. The van der Waals surface area contributed by atoms with Gasteiger partial charge in [0, 0.05) is 25.2 Å². The summed E-state index contributed by atoms with van der Waals surface area (Å²) >= 11 is 0. The van der Waals surface area contributed by atoms with E-state index in [0.29, 0.717) is 5.56 Å². The van der Waals surface area contributed by atoms with Crippen LogP contribution in [0, 0.1) is 5.82 Å². The van der Waals surface area contributed by atoms with Gasteiger partial charge in [0.2, 0.25) is 5.95 Å². The fourth-order valence-electron chi connectivity index (χ4n) is 1.76. The molecular formula is C13H12F4N4. The molecule has 112 valence electrons. The molecule has 0 fully saturated rings. The van der Waals surface area contributed by atoms with Crippen LogP contribution in [0.2, 0.25) is 0 Å². The maximum atomic E-state index is 13.5. The van der Waals surface area contributed by atoms with Crippen molar-refractivity contribution in [3.8, 4) is 0 Å². The predicted octanol–water partition coefficient (Wildman–Crippen LogP) is 2.85. The summed E-state index contributed by atoms with van der Waals surface area (Å²) in [5, 5.41) is 0. The van der Waals surface area contributed by atoms with Crippen LogP contribution in [0.5, 0.6) is 0 Å². The van der Waals surface area contributed by atoms with Gasteiger partial charge in [0.05, 0.1) is 0 Å². The van der Waals surface area contributed by atoms with Crippen molar-refractivity contribution in [3.63, 3.8) is 0 Å². The first-order chi connectivity index (χ1) is 9.77. The van der Waals surface area contributed by atoms with Crippen LogP contribution in [0.4, 0.5) is 29.3 Å². The summed E-state index contributed by atoms with van der Waals surface area (Å²) in [4.78, 5) is 8.26. The van der Waals surface area contributed by atoms with E-state index in [0.717, 1.165) is 6.07 Å². The van der Waals surface area contributed by atoms with Gasteiger partial charge in [-0.1, -0.05) is 18.2 Å². The van der Waals surface area contributed by atoms with Gasteiger partial charge in [-0.25, -0.2) is 9.37 Å². The highest BCUT2D eigenvalue weighted by Crippen LogP contribution is 2.30. The van der Waals surface area contributed by atoms with Crippen LogP contribution in [0.1, 0.15) is 11.3 Å². The first kappa shape index (κ1) is 15.0. The molecule has 2 rings (SSSR count). The second-order valence-corrected chi connectivity index (χ2v) is 4.41. The number of anilines is 2. The van der Waals surface area contributed by atoms with Crippen molar-refractivity contribution in [2.75, 3.05) is 17.7 Å². The van der Waals surface area contributed by atoms with Gasteiger partial charge < -0.3 is 10.6 Å². The summed E-state index contributed by atoms with van der Waals surface area (Å²) in [7, 11) is 1.49. The lowest BCUT2D eigenvalue weighted by Gasteiger charge is -2.19. The summed E-state index contributed by atoms with van der Waals surface area (Å²) in [6, 6.07) is 6.77. The van der Waals surface area contributed by atoms with Gasteiger partial charge in [-0.15, -0.1) is 0 Å². The lowest BCUT2D eigenvalue weighted by Crippen LogP contribution is -2.21. The Kier molecular flexibility index (Phi) is 3.97. The zero-order chi connectivity index (χ0) is 15.6. The van der Waals surface area contributed by atoms with Crippen molar-refractivity contribution >= 4 is 11.8 Å². The molecule has 1 heterocycles. The lowest BCUT2D eigenvalue weighted by molar-refractivity contribution is -0.141. The van der Waals surface area contributed by atoms with Crippen LogP contribution >= 0.6 is 0 Å². The molecule has 0 unspecified atom stereocenters. The van der Waals surface area contributed by atoms with Crippen molar-refractivity contribution in [1.29, 1.82) is 0 Å². The number of hydrogen-bond donors (Lipinski definition) is 1. The van der Waals surface area contributed by atoms with Gasteiger partial charge in [0.25, 0.3) is 0 Å². The van der Waals surface area contributed by atoms with Crippen molar-refractivity contribution < 1.29 is 17.6 Å². The third-order valence-electron chi connectivity index (χ3n) is 2.78. The molecule has 4 nitrogen and oxygen atoms in total. The van der Waals surface area contributed by atoms with E-state index < -0.39 is 23.6 Å². The molecule has 0 amide bonds. The van der Waals surface area contributed by atoms with E-state index in [-0.39, 0.29) is 12.4 Å². The Balaban J connectivity index is 2.29. The molecule has 0 saturated heterocycles. The summed E-state index contributed by atoms with van der Waals surface area (Å²) in [5.74, 6) is -0.958. The molecule has 0 saturated carbocycles. The number of aromatic nitrogens is 2. The van der Waals surface area contributed by atoms with Crippen LogP contribution in [0.3, 0.4) is 0 Å². The highest BCUT2D eigenvalue weighted by atomic mass is 19.4. The maximum Gasteiger partial charge on any atom is 0.433 e. The van der Waals surface area contributed by atoms with E-state index in [9.17, 15) is 17.6 Å². The van der Waals surface area contributed by atoms with E-state index >= 15 is 0 Å². The quantitative estimate of drug-likeness (QED) is 0.886. The van der Waals surface area contributed by atoms with E-state index in [4.69, 9.17) is 5.73 Å². The summed E-state index contributed by atoms with van der Waals surface area (Å²) in [5.41, 5.74) is 4.50. The highest BCUT2D eigenvalue weighted by molar-refractivity contribution is 5.44. The average Bonchev–Trinajstić information content (AvgIpc) is 2.39. The molecule has 0 radical (unpaired) electrons. The SMILES string of the molecule is CN(Cc1ccccc1F)c1cc(C(F)(F)F)nc(N)n1. The Morgan fingerprint density at radius 3 is 2.48 bits per heavy atom. The highest BCUT2D eigenvalue weighted by Gasteiger charge is 2.33. The summed E-state index contributed by atoms with van der Waals surface area (Å²) in [6.45, 7) is 0.0560. The molecule has 0 aliphatic carbocycles. The van der Waals surface area contributed by atoms with Crippen LogP contribution < -0.4 is 10.6 Å². The average molecular weight is 300 g/mol. The van der Waals surface area contributed by atoms with Crippen LogP contribution in [-0.4, -0.2) is 17.0 Å². The largest absolute Gasteiger partial charge is 0.433 e. The van der Waals surface area contributed by atoms with Gasteiger partial charge in [0.1, 0.15) is 11.6 Å². The van der Waals surface area contributed by atoms with Crippen LogP contribution in [-0.2, 0) is 12.7 Å². The Morgan fingerprint density at radius 1 is 1.19 bits per heavy atom. The van der Waals surface area contributed by atoms with Gasteiger partial charge in [-0.05, 0) is 6.07 Å². The fraction of sp³-hybridized carbons (Fsp3) is 0.231. The second-order valence-electron chi connectivity index (χ2n) is 4.41. The molecule has 0 bridgehead atoms. The van der Waals surface area contributed by atoms with E-state index in [2.05, 4.69) is 9.97 Å². The number of rotatable bonds is 3. The van der Waals surface area contributed by atoms with E-state index in [1.54, 1.807) is 12.1 Å². The topological polar surface area (TPSA) is 55.0 Å². The minimum Gasteiger partial charge on any atom is -0.368 e. The van der Waals surface area contributed by atoms with E-state index in [1.807, 2.05) is 0 Å². The number of alkyl halides is 3. The molecule has 21 heavy (non-hydrogen) atoms. The van der Waals surface area contributed by atoms with Gasteiger partial charge in [-0.3, -0.25) is 0 Å². The maximum absolute atomic E-state index is 13.5. The van der Waals surface area contributed by atoms with Crippen molar-refractivity contribution in [2.45, 2.75) is 12.7 Å². The van der Waals surface area contributed by atoms with Gasteiger partial charge in [0.15, 0.2) is 5.69 Å². The Hall–Kier alpha value is -2.38. The zero-order valence-corrected chi connectivity index (χ0v) is 11.0. The third-order valence-corrected chi connectivity index (χ3v) is 2.78. The second kappa shape index (κ2) is 5.55. The molecule has 2 N–H and O–H groups in total. The van der Waals surface area contributed by atoms with Crippen LogP contribution in [0.15, 0.2) is 30.3 Å². The number of nitrogens with two attached hydrogens (primary N) is 1. The van der Waals surface area contributed by atoms with Crippen LogP contribution in [0.25, 0.3) is 0 Å². The number of hydrogen-bond acceptors (Lipinski definition) is 4. The normalized spacial score (nSPS) is 11.5. The molecule has 8 heteroatoms. The van der Waals surface area contributed by atoms with Crippen molar-refractivity contribution in [2.24, 2.45) is 0 Å². The molecule has 0 aliphatic rings. The summed E-state index contributed by atoms with van der Waals surface area (Å²) in [6.07, 6.45) is -4.62. The summed E-state index contributed by atoms with van der Waals surface area (Å²) < 4.78 is 51.6. The number of nitrogens with zero attached hydrogens (tertiary/aromatic N) is 3. The smallest absolute Gasteiger partial charge is 0.368 e. The van der Waals surface area contributed by atoms with Crippen molar-refractivity contribution in [1.82, 2.24) is 9.97 Å². The molecule has 0 atom stereocenters. The first-order valence-electron chi connectivity index (χ1n) is 5.93. The number of benzene rings is 1. The first-order valence-corrected chi connectivity index (χ1v) is 5.93. The molecule has 2 aromatic rings. The Labute approximate surface area is 118 Å². The predicted molar refractivity (Wildman–Crippen MR) is 70.0 cm³/mol.